The van der Waals surface area contributed by atoms with E-state index in [0.717, 1.165) is 16.6 Å². The molecule has 1 amide bonds. The number of benzene rings is 2. The first kappa shape index (κ1) is 22.6. The lowest BCUT2D eigenvalue weighted by Crippen LogP contribution is -2.26. The van der Waals surface area contributed by atoms with Crippen molar-refractivity contribution in [1.29, 1.82) is 0 Å². The summed E-state index contributed by atoms with van der Waals surface area (Å²) in [6, 6.07) is 5.10. The zero-order chi connectivity index (χ0) is 23.4. The van der Waals surface area contributed by atoms with Crippen molar-refractivity contribution in [1.82, 2.24) is 9.88 Å². The molecule has 1 unspecified atom stereocenters. The van der Waals surface area contributed by atoms with Crippen LogP contribution >= 0.6 is 21.1 Å². The highest BCUT2D eigenvalue weighted by Crippen LogP contribution is 2.45. The van der Waals surface area contributed by atoms with E-state index in [1.807, 2.05) is 0 Å². The van der Waals surface area contributed by atoms with Crippen LogP contribution in [0.1, 0.15) is 21.5 Å². The molecule has 0 N–H and O–H groups in total. The molecule has 1 aliphatic rings. The lowest BCUT2D eigenvalue weighted by Gasteiger charge is -2.23. The van der Waals surface area contributed by atoms with E-state index < -0.39 is 27.6 Å². The molecule has 0 radical (unpaired) electrons. The Hall–Kier alpha value is -2.55. The van der Waals surface area contributed by atoms with E-state index in [2.05, 4.69) is 14.5 Å². The van der Waals surface area contributed by atoms with Gasteiger partial charge in [0.15, 0.2) is 5.75 Å². The number of carbonyl (C=O) groups excluding carboxylic acids is 1. The Morgan fingerprint density at radius 3 is 2.69 bits per heavy atom. The predicted molar refractivity (Wildman–Crippen MR) is 120 cm³/mol. The number of hydrogen-bond donors (Lipinski definition) is 0. The number of hydrogen-bond acceptors (Lipinski definition) is 5. The van der Waals surface area contributed by atoms with E-state index >= 15 is 0 Å². The Bertz CT molecular complexity index is 1390. The monoisotopic (exact) mass is 499 g/mol. The molecule has 1 aromatic heterocycles. The van der Waals surface area contributed by atoms with Gasteiger partial charge in [-0.25, -0.2) is 17.2 Å². The number of rotatable bonds is 5. The van der Waals surface area contributed by atoms with E-state index in [1.54, 1.807) is 12.1 Å². The number of fused-ring (bicyclic) bond motifs is 2. The summed E-state index contributed by atoms with van der Waals surface area (Å²) in [4.78, 5) is 18.9. The van der Waals surface area contributed by atoms with E-state index in [4.69, 9.17) is 16.1 Å². The summed E-state index contributed by atoms with van der Waals surface area (Å²) < 4.78 is 59.1. The number of carbonyl (C=O) groups is 1. The van der Waals surface area contributed by atoms with Crippen LogP contribution in [0.2, 0.25) is 5.02 Å². The van der Waals surface area contributed by atoms with Crippen LogP contribution in [-0.2, 0) is 23.1 Å². The molecule has 0 spiro atoms. The molecule has 0 fully saturated rings. The number of nitrogens with zero attached hydrogens (tertiary/aromatic N) is 3. The summed E-state index contributed by atoms with van der Waals surface area (Å²) in [7, 11) is -0.242. The summed E-state index contributed by atoms with van der Waals surface area (Å²) >= 11 is 5.78. The second-order valence-corrected chi connectivity index (χ2v) is 9.95. The minimum atomic E-state index is -3.69. The quantitative estimate of drug-likeness (QED) is 0.393. The average molecular weight is 500 g/mol. The molecular weight excluding hydrogens is 483 g/mol. The predicted octanol–water partition coefficient (Wildman–Crippen LogP) is 3.89. The summed E-state index contributed by atoms with van der Waals surface area (Å²) in [6.45, 7) is -0.231. The molecule has 1 atom stereocenters. The molecular formula is C20H17ClF2N3O4PS. The SMILES string of the molecule is CN(c1c2c(c(OP)c3ncccc13)C(=O)N(Cc1cc(Cl)c(F)cc1F)C2)S(C)(=O)=O. The molecule has 0 saturated heterocycles. The van der Waals surface area contributed by atoms with Gasteiger partial charge in [0.2, 0.25) is 10.0 Å². The highest BCUT2D eigenvalue weighted by molar-refractivity contribution is 7.92. The number of amides is 1. The highest BCUT2D eigenvalue weighted by atomic mass is 35.5. The van der Waals surface area contributed by atoms with Gasteiger partial charge in [0.1, 0.15) is 17.2 Å². The van der Waals surface area contributed by atoms with Crippen molar-refractivity contribution in [2.75, 3.05) is 17.6 Å². The molecule has 0 saturated carbocycles. The van der Waals surface area contributed by atoms with Crippen molar-refractivity contribution in [3.63, 3.8) is 0 Å². The molecule has 32 heavy (non-hydrogen) atoms. The number of anilines is 1. The van der Waals surface area contributed by atoms with Crippen molar-refractivity contribution in [3.05, 3.63) is 63.8 Å². The van der Waals surface area contributed by atoms with Crippen molar-refractivity contribution in [2.45, 2.75) is 13.1 Å². The van der Waals surface area contributed by atoms with Gasteiger partial charge in [-0.2, -0.15) is 0 Å². The third kappa shape index (κ3) is 3.66. The largest absolute Gasteiger partial charge is 0.477 e. The minimum Gasteiger partial charge on any atom is -0.477 e. The topological polar surface area (TPSA) is 79.8 Å². The van der Waals surface area contributed by atoms with Gasteiger partial charge in [-0.15, -0.1) is 0 Å². The fourth-order valence-corrected chi connectivity index (χ4v) is 4.73. The van der Waals surface area contributed by atoms with Gasteiger partial charge in [-0.05, 0) is 18.2 Å². The Morgan fingerprint density at radius 2 is 2.03 bits per heavy atom. The van der Waals surface area contributed by atoms with E-state index in [0.29, 0.717) is 22.5 Å². The van der Waals surface area contributed by atoms with Crippen molar-refractivity contribution in [3.8, 4) is 5.75 Å². The molecule has 2 heterocycles. The third-order valence-electron chi connectivity index (χ3n) is 5.32. The smallest absolute Gasteiger partial charge is 0.258 e. The normalized spacial score (nSPS) is 13.6. The van der Waals surface area contributed by atoms with Crippen molar-refractivity contribution in [2.24, 2.45) is 0 Å². The molecule has 0 aliphatic carbocycles. The van der Waals surface area contributed by atoms with Crippen LogP contribution in [0.3, 0.4) is 0 Å². The maximum Gasteiger partial charge on any atom is 0.258 e. The second-order valence-electron chi connectivity index (χ2n) is 7.30. The van der Waals surface area contributed by atoms with Gasteiger partial charge in [0.05, 0.1) is 32.0 Å². The zero-order valence-corrected chi connectivity index (χ0v) is 19.6. The van der Waals surface area contributed by atoms with Crippen molar-refractivity contribution < 1.29 is 26.5 Å². The highest BCUT2D eigenvalue weighted by Gasteiger charge is 2.38. The Labute approximate surface area is 190 Å². The van der Waals surface area contributed by atoms with Gasteiger partial charge >= 0.3 is 0 Å². The molecule has 3 aromatic rings. The van der Waals surface area contributed by atoms with Crippen LogP contribution in [0.25, 0.3) is 10.9 Å². The first-order chi connectivity index (χ1) is 15.0. The number of aromatic nitrogens is 1. The lowest BCUT2D eigenvalue weighted by atomic mass is 10.0. The van der Waals surface area contributed by atoms with Gasteiger partial charge in [-0.1, -0.05) is 11.6 Å². The molecule has 1 aliphatic heterocycles. The minimum absolute atomic E-state index is 0.0200. The molecule has 7 nitrogen and oxygen atoms in total. The average Bonchev–Trinajstić information content (AvgIpc) is 3.05. The zero-order valence-electron chi connectivity index (χ0n) is 16.9. The molecule has 2 aromatic carbocycles. The van der Waals surface area contributed by atoms with Crippen LogP contribution in [-0.4, -0.2) is 37.5 Å². The fraction of sp³-hybridized carbons (Fsp3) is 0.200. The Balaban J connectivity index is 1.91. The van der Waals surface area contributed by atoms with Gasteiger partial charge in [-0.3, -0.25) is 14.1 Å². The van der Waals surface area contributed by atoms with Gasteiger partial charge in [0, 0.05) is 48.9 Å². The Morgan fingerprint density at radius 1 is 1.31 bits per heavy atom. The van der Waals surface area contributed by atoms with Crippen LogP contribution in [0.15, 0.2) is 30.5 Å². The molecule has 0 bridgehead atoms. The van der Waals surface area contributed by atoms with E-state index in [9.17, 15) is 22.0 Å². The Kier molecular flexibility index (Phi) is 5.73. The lowest BCUT2D eigenvalue weighted by molar-refractivity contribution is 0.0764. The number of pyridine rings is 1. The maximum absolute atomic E-state index is 14.3. The fourth-order valence-electron chi connectivity index (χ4n) is 3.77. The number of sulfonamides is 1. The standard InChI is InChI=1S/C20H17ClF2N3O4PS/c1-25(32(2,28)29)18-11-4-3-5-24-17(11)19(30-31)16-12(18)9-26(20(16)27)8-10-6-13(21)15(23)7-14(10)22/h3-7H,8-9,31H2,1-2H3. The van der Waals surface area contributed by atoms with Crippen molar-refractivity contribution >= 4 is 53.6 Å². The van der Waals surface area contributed by atoms with Crippen LogP contribution < -0.4 is 8.83 Å². The van der Waals surface area contributed by atoms with Gasteiger partial charge < -0.3 is 9.42 Å². The maximum atomic E-state index is 14.3. The first-order valence-corrected chi connectivity index (χ1v) is 11.9. The second kappa shape index (κ2) is 8.10. The van der Waals surface area contributed by atoms with E-state index in [-0.39, 0.29) is 40.7 Å². The third-order valence-corrected chi connectivity index (χ3v) is 7.03. The van der Waals surface area contributed by atoms with Crippen LogP contribution in [0, 0.1) is 11.6 Å². The summed E-state index contributed by atoms with van der Waals surface area (Å²) in [5, 5.41) is 0.203. The first-order valence-electron chi connectivity index (χ1n) is 9.21. The molecule has 12 heteroatoms. The molecule has 4 rings (SSSR count). The summed E-state index contributed by atoms with van der Waals surface area (Å²) in [5.74, 6) is -2.10. The van der Waals surface area contributed by atoms with Crippen LogP contribution in [0.4, 0.5) is 14.5 Å². The van der Waals surface area contributed by atoms with Gasteiger partial charge in [0.25, 0.3) is 5.91 Å². The van der Waals surface area contributed by atoms with Crippen LogP contribution in [0.5, 0.6) is 5.75 Å². The summed E-state index contributed by atoms with van der Waals surface area (Å²) in [6.07, 6.45) is 2.55. The van der Waals surface area contributed by atoms with E-state index in [1.165, 1.54) is 18.1 Å². The molecule has 168 valence electrons. The summed E-state index contributed by atoms with van der Waals surface area (Å²) in [5.41, 5.74) is 1.13. The number of halogens is 3.